The van der Waals surface area contributed by atoms with Crippen LogP contribution in [0.2, 0.25) is 0 Å². The summed E-state index contributed by atoms with van der Waals surface area (Å²) in [6.07, 6.45) is 7.32. The van der Waals surface area contributed by atoms with Crippen LogP contribution in [-0.4, -0.2) is 19.1 Å². The van der Waals surface area contributed by atoms with Gasteiger partial charge in [0.05, 0.1) is 7.11 Å². The number of hydrogen-bond donors (Lipinski definition) is 1. The lowest BCUT2D eigenvalue weighted by Gasteiger charge is -2.27. The van der Waals surface area contributed by atoms with Crippen molar-refractivity contribution in [1.29, 1.82) is 0 Å². The monoisotopic (exact) mass is 259 g/mol. The molecule has 1 aromatic rings. The molecule has 1 aromatic carbocycles. The lowest BCUT2D eigenvalue weighted by molar-refractivity contribution is -0.142. The molecule has 1 aliphatic rings. The van der Waals surface area contributed by atoms with E-state index < -0.39 is 0 Å². The van der Waals surface area contributed by atoms with Gasteiger partial charge in [-0.05, 0) is 49.8 Å². The fraction of sp³-hybridized carbons (Fsp3) is 0.438. The molecule has 0 bridgehead atoms. The van der Waals surface area contributed by atoms with E-state index >= 15 is 0 Å². The van der Waals surface area contributed by atoms with Gasteiger partial charge >= 0.3 is 5.97 Å². The van der Waals surface area contributed by atoms with Crippen LogP contribution in [0.3, 0.4) is 0 Å². The van der Waals surface area contributed by atoms with Crippen LogP contribution >= 0.6 is 0 Å². The van der Waals surface area contributed by atoms with Crippen molar-refractivity contribution in [2.45, 2.75) is 32.2 Å². The molecule has 0 heterocycles. The smallest absolute Gasteiger partial charge is 0.328 e. The number of benzene rings is 1. The van der Waals surface area contributed by atoms with Crippen molar-refractivity contribution < 1.29 is 9.53 Å². The quantitative estimate of drug-likeness (QED) is 0.666. The molecule has 0 spiro atoms. The molecule has 0 aromatic heterocycles. The highest BCUT2D eigenvalue weighted by Crippen LogP contribution is 2.25. The molecule has 2 atom stereocenters. The van der Waals surface area contributed by atoms with E-state index in [9.17, 15) is 4.79 Å². The molecule has 0 aliphatic heterocycles. The zero-order valence-corrected chi connectivity index (χ0v) is 11.6. The van der Waals surface area contributed by atoms with Crippen LogP contribution in [0, 0.1) is 12.8 Å². The average Bonchev–Trinajstić information content (AvgIpc) is 2.45. The number of rotatable bonds is 4. The summed E-state index contributed by atoms with van der Waals surface area (Å²) in [5.41, 5.74) is 2.15. The van der Waals surface area contributed by atoms with E-state index in [0.717, 1.165) is 24.9 Å². The van der Waals surface area contributed by atoms with Gasteiger partial charge in [0.25, 0.3) is 0 Å². The fourth-order valence-corrected chi connectivity index (χ4v) is 2.53. The minimum Gasteiger partial charge on any atom is -0.467 e. The number of aryl methyl sites for hydroxylation is 1. The van der Waals surface area contributed by atoms with Crippen molar-refractivity contribution in [2.75, 3.05) is 12.4 Å². The van der Waals surface area contributed by atoms with Gasteiger partial charge < -0.3 is 10.1 Å². The number of methoxy groups -OCH3 is 1. The number of anilines is 1. The van der Waals surface area contributed by atoms with E-state index in [2.05, 4.69) is 23.5 Å². The van der Waals surface area contributed by atoms with Gasteiger partial charge in [-0.1, -0.05) is 24.3 Å². The standard InChI is InChI=1S/C16H21NO2/c1-12-7-6-10-14(11-12)17-15(16(18)19-2)13-8-4-3-5-9-13/h3-4,6-7,10-11,13,15,17H,5,8-9H2,1-2H3. The lowest BCUT2D eigenvalue weighted by Crippen LogP contribution is -2.38. The van der Waals surface area contributed by atoms with Crippen molar-refractivity contribution in [1.82, 2.24) is 0 Å². The van der Waals surface area contributed by atoms with Gasteiger partial charge in [0.2, 0.25) is 0 Å². The molecule has 0 amide bonds. The maximum Gasteiger partial charge on any atom is 0.328 e. The molecular formula is C16H21NO2. The zero-order chi connectivity index (χ0) is 13.7. The first-order chi connectivity index (χ1) is 9.20. The first kappa shape index (κ1) is 13.7. The summed E-state index contributed by atoms with van der Waals surface area (Å²) in [7, 11) is 1.45. The van der Waals surface area contributed by atoms with Crippen LogP contribution in [0.1, 0.15) is 24.8 Å². The second kappa shape index (κ2) is 6.41. The summed E-state index contributed by atoms with van der Waals surface area (Å²) >= 11 is 0. The molecule has 0 saturated heterocycles. The highest BCUT2D eigenvalue weighted by Gasteiger charge is 2.29. The molecule has 19 heavy (non-hydrogen) atoms. The van der Waals surface area contributed by atoms with E-state index in [4.69, 9.17) is 4.74 Å². The number of nitrogens with one attached hydrogen (secondary N) is 1. The van der Waals surface area contributed by atoms with Gasteiger partial charge in [0.1, 0.15) is 6.04 Å². The Kier molecular flexibility index (Phi) is 4.61. The van der Waals surface area contributed by atoms with Gasteiger partial charge in [-0.15, -0.1) is 0 Å². The summed E-state index contributed by atoms with van der Waals surface area (Å²) in [5.74, 6) is 0.125. The van der Waals surface area contributed by atoms with E-state index in [-0.39, 0.29) is 12.0 Å². The molecule has 0 saturated carbocycles. The Labute approximate surface area is 114 Å². The van der Waals surface area contributed by atoms with Crippen LogP contribution < -0.4 is 5.32 Å². The molecule has 1 N–H and O–H groups in total. The number of ether oxygens (including phenoxy) is 1. The van der Waals surface area contributed by atoms with Crippen LogP contribution in [0.4, 0.5) is 5.69 Å². The largest absolute Gasteiger partial charge is 0.467 e. The molecule has 1 aliphatic carbocycles. The Morgan fingerprint density at radius 3 is 2.89 bits per heavy atom. The predicted molar refractivity (Wildman–Crippen MR) is 77.1 cm³/mol. The van der Waals surface area contributed by atoms with E-state index in [1.165, 1.54) is 12.7 Å². The normalized spacial score (nSPS) is 19.8. The highest BCUT2D eigenvalue weighted by molar-refractivity contribution is 5.79. The van der Waals surface area contributed by atoms with E-state index in [1.54, 1.807) is 0 Å². The third-order valence-corrected chi connectivity index (χ3v) is 3.58. The number of esters is 1. The maximum absolute atomic E-state index is 12.0. The second-order valence-corrected chi connectivity index (χ2v) is 5.06. The van der Waals surface area contributed by atoms with Crippen molar-refractivity contribution >= 4 is 11.7 Å². The molecule has 3 heteroatoms. The van der Waals surface area contributed by atoms with Crippen LogP contribution in [0.25, 0.3) is 0 Å². The van der Waals surface area contributed by atoms with Gasteiger partial charge in [-0.2, -0.15) is 0 Å². The molecule has 2 rings (SSSR count). The lowest BCUT2D eigenvalue weighted by atomic mass is 9.87. The predicted octanol–water partition coefficient (Wildman–Crippen LogP) is 3.30. The zero-order valence-electron chi connectivity index (χ0n) is 11.6. The Morgan fingerprint density at radius 1 is 1.42 bits per heavy atom. The van der Waals surface area contributed by atoms with E-state index in [0.29, 0.717) is 5.92 Å². The first-order valence-electron chi connectivity index (χ1n) is 6.76. The van der Waals surface area contributed by atoms with Crippen molar-refractivity contribution in [3.63, 3.8) is 0 Å². The van der Waals surface area contributed by atoms with Gasteiger partial charge in [-0.25, -0.2) is 4.79 Å². The first-order valence-corrected chi connectivity index (χ1v) is 6.76. The summed E-state index contributed by atoms with van der Waals surface area (Å²) in [6.45, 7) is 2.04. The van der Waals surface area contributed by atoms with Crippen molar-refractivity contribution in [3.05, 3.63) is 42.0 Å². The Balaban J connectivity index is 2.13. The molecule has 102 valence electrons. The number of carbonyl (C=O) groups excluding carboxylic acids is 1. The molecule has 3 nitrogen and oxygen atoms in total. The van der Waals surface area contributed by atoms with Crippen molar-refractivity contribution in [3.8, 4) is 0 Å². The summed E-state index contributed by atoms with van der Waals surface area (Å²) in [6, 6.07) is 7.81. The van der Waals surface area contributed by atoms with E-state index in [1.807, 2.05) is 25.1 Å². The number of allylic oxidation sites excluding steroid dienone is 2. The van der Waals surface area contributed by atoms with Gasteiger partial charge in [0.15, 0.2) is 0 Å². The third-order valence-electron chi connectivity index (χ3n) is 3.58. The summed E-state index contributed by atoms with van der Waals surface area (Å²) in [4.78, 5) is 12.0. The van der Waals surface area contributed by atoms with Gasteiger partial charge in [-0.3, -0.25) is 0 Å². The summed E-state index contributed by atoms with van der Waals surface area (Å²) < 4.78 is 4.94. The highest BCUT2D eigenvalue weighted by atomic mass is 16.5. The van der Waals surface area contributed by atoms with Crippen molar-refractivity contribution in [2.24, 2.45) is 5.92 Å². The second-order valence-electron chi connectivity index (χ2n) is 5.06. The fourth-order valence-electron chi connectivity index (χ4n) is 2.53. The minimum absolute atomic E-state index is 0.179. The third kappa shape index (κ3) is 3.60. The number of carbonyl (C=O) groups is 1. The molecule has 0 radical (unpaired) electrons. The Hall–Kier alpha value is -1.77. The van der Waals surface area contributed by atoms with Crippen LogP contribution in [-0.2, 0) is 9.53 Å². The average molecular weight is 259 g/mol. The van der Waals surface area contributed by atoms with Crippen LogP contribution in [0.5, 0.6) is 0 Å². The SMILES string of the molecule is COC(=O)C(Nc1cccc(C)c1)C1CC=CCC1. The Bertz CT molecular complexity index is 468. The summed E-state index contributed by atoms with van der Waals surface area (Å²) in [5, 5.41) is 3.33. The Morgan fingerprint density at radius 2 is 2.26 bits per heavy atom. The van der Waals surface area contributed by atoms with Gasteiger partial charge in [0, 0.05) is 5.69 Å². The van der Waals surface area contributed by atoms with Crippen LogP contribution in [0.15, 0.2) is 36.4 Å². The molecular weight excluding hydrogens is 238 g/mol. The molecule has 2 unspecified atom stereocenters. The molecule has 0 fully saturated rings. The topological polar surface area (TPSA) is 38.3 Å². The minimum atomic E-state index is -0.267. The number of hydrogen-bond acceptors (Lipinski definition) is 3. The maximum atomic E-state index is 12.0.